The summed E-state index contributed by atoms with van der Waals surface area (Å²) in [6, 6.07) is 0.176. The third-order valence-electron chi connectivity index (χ3n) is 5.07. The lowest BCUT2D eigenvalue weighted by Crippen LogP contribution is -2.37. The quantitative estimate of drug-likeness (QED) is 0.176. The summed E-state index contributed by atoms with van der Waals surface area (Å²) in [5.74, 6) is 0.552. The Labute approximate surface area is 184 Å². The van der Waals surface area contributed by atoms with Gasteiger partial charge in [0.2, 0.25) is 0 Å². The molecule has 0 aromatic carbocycles. The highest BCUT2D eigenvalue weighted by Gasteiger charge is 2.33. The number of aliphatic hydroxyl groups is 1. The number of aliphatic hydroxyl groups excluding tert-OH is 1. The molecule has 29 heavy (non-hydrogen) atoms. The largest absolute Gasteiger partial charge is 0.446 e. The smallest absolute Gasteiger partial charge is 0.407 e. The highest BCUT2D eigenvalue weighted by Crippen LogP contribution is 2.36. The van der Waals surface area contributed by atoms with E-state index in [9.17, 15) is 4.79 Å². The van der Waals surface area contributed by atoms with Crippen molar-refractivity contribution in [2.24, 2.45) is 0 Å². The van der Waals surface area contributed by atoms with Gasteiger partial charge in [-0.1, -0.05) is 33.7 Å². The average Bonchev–Trinajstić information content (AvgIpc) is 2.99. The van der Waals surface area contributed by atoms with Gasteiger partial charge in [0.15, 0.2) is 0 Å². The molecule has 1 fully saturated rings. The van der Waals surface area contributed by atoms with Crippen LogP contribution in [0.15, 0.2) is 12.2 Å². The molecule has 1 aliphatic carbocycles. The van der Waals surface area contributed by atoms with Crippen molar-refractivity contribution in [3.05, 3.63) is 12.2 Å². The Kier molecular flexibility index (Phi) is 11.3. The van der Waals surface area contributed by atoms with Gasteiger partial charge in [-0.25, -0.2) is 4.79 Å². The molecule has 166 valence electrons. The molecule has 9 heteroatoms. The van der Waals surface area contributed by atoms with Gasteiger partial charge in [0, 0.05) is 23.9 Å². The fourth-order valence-corrected chi connectivity index (χ4v) is 5.70. The molecule has 2 unspecified atom stereocenters. The predicted molar refractivity (Wildman–Crippen MR) is 123 cm³/mol. The number of carbonyl (C=O) groups is 1. The molecule has 6 nitrogen and oxygen atoms in total. The third-order valence-corrected chi connectivity index (χ3v) is 8.01. The van der Waals surface area contributed by atoms with E-state index >= 15 is 0 Å². The Bertz CT molecular complexity index is 523. The summed E-state index contributed by atoms with van der Waals surface area (Å²) in [6.45, 7) is 4.85. The number of hydrogen-bond donors (Lipinski definition) is 2. The van der Waals surface area contributed by atoms with Crippen LogP contribution in [0.1, 0.15) is 58.8 Å². The molecule has 0 spiro atoms. The second-order valence-electron chi connectivity index (χ2n) is 8.38. The fraction of sp³-hybridized carbons (Fsp3) is 0.850. The van der Waals surface area contributed by atoms with Crippen LogP contribution in [0.3, 0.4) is 0 Å². The third kappa shape index (κ3) is 10.0. The number of alkyl carbamates (subject to hydrolysis) is 1. The van der Waals surface area contributed by atoms with Gasteiger partial charge in [-0.05, 0) is 58.8 Å². The highest BCUT2D eigenvalue weighted by molar-refractivity contribution is 8.77. The summed E-state index contributed by atoms with van der Waals surface area (Å²) in [5, 5.41) is 12.1. The first-order valence-corrected chi connectivity index (χ1v) is 13.0. The minimum absolute atomic E-state index is 0.0152. The van der Waals surface area contributed by atoms with E-state index in [0.29, 0.717) is 18.9 Å². The first kappa shape index (κ1) is 24.9. The Balaban J connectivity index is 1.61. The van der Waals surface area contributed by atoms with Crippen LogP contribution in [0.5, 0.6) is 0 Å². The molecule has 4 atom stereocenters. The van der Waals surface area contributed by atoms with Gasteiger partial charge in [-0.3, -0.25) is 0 Å². The normalized spacial score (nSPS) is 29.1. The lowest BCUT2D eigenvalue weighted by molar-refractivity contribution is -0.00713. The zero-order chi connectivity index (χ0) is 21.1. The minimum Gasteiger partial charge on any atom is -0.446 e. The van der Waals surface area contributed by atoms with Crippen LogP contribution in [0.2, 0.25) is 0 Å². The fourth-order valence-electron chi connectivity index (χ4n) is 3.53. The van der Waals surface area contributed by atoms with Gasteiger partial charge in [0.05, 0.1) is 12.2 Å². The Morgan fingerprint density at radius 3 is 2.93 bits per heavy atom. The average molecular weight is 445 g/mol. The maximum atomic E-state index is 12.2. The van der Waals surface area contributed by atoms with Crippen molar-refractivity contribution in [3.8, 4) is 0 Å². The van der Waals surface area contributed by atoms with Gasteiger partial charge >= 0.3 is 6.09 Å². The van der Waals surface area contributed by atoms with Crippen molar-refractivity contribution in [3.63, 3.8) is 0 Å². The number of ether oxygens (including phenoxy) is 3. The molecule has 2 aliphatic rings. The number of hydrogen-bond acceptors (Lipinski definition) is 7. The minimum atomic E-state index is -0.321. The zero-order valence-electron chi connectivity index (χ0n) is 17.9. The lowest BCUT2D eigenvalue weighted by atomic mass is 9.96. The van der Waals surface area contributed by atoms with Crippen LogP contribution in [-0.2, 0) is 14.2 Å². The number of carbonyl (C=O) groups excluding carboxylic acids is 1. The number of rotatable bonds is 10. The van der Waals surface area contributed by atoms with E-state index in [1.54, 1.807) is 21.6 Å². The van der Waals surface area contributed by atoms with Gasteiger partial charge in [-0.2, -0.15) is 0 Å². The Morgan fingerprint density at radius 1 is 1.34 bits per heavy atom. The summed E-state index contributed by atoms with van der Waals surface area (Å²) in [6.07, 6.45) is 10.5. The molecule has 1 aliphatic heterocycles. The molecule has 0 aromatic heterocycles. The summed E-state index contributed by atoms with van der Waals surface area (Å²) in [7, 11) is 5.37. The van der Waals surface area contributed by atoms with Crippen molar-refractivity contribution in [1.82, 2.24) is 5.32 Å². The van der Waals surface area contributed by atoms with Crippen molar-refractivity contribution in [2.45, 2.75) is 87.9 Å². The van der Waals surface area contributed by atoms with E-state index < -0.39 is 0 Å². The summed E-state index contributed by atoms with van der Waals surface area (Å²) in [5.41, 5.74) is 0. The highest BCUT2D eigenvalue weighted by atomic mass is 33.1. The van der Waals surface area contributed by atoms with Crippen molar-refractivity contribution in [1.29, 1.82) is 0 Å². The number of nitrogens with one attached hydrogen (secondary N) is 1. The first-order valence-electron chi connectivity index (χ1n) is 10.7. The van der Waals surface area contributed by atoms with E-state index in [-0.39, 0.29) is 41.8 Å². The summed E-state index contributed by atoms with van der Waals surface area (Å²) >= 11 is 0. The molecular weight excluding hydrogens is 409 g/mol. The summed E-state index contributed by atoms with van der Waals surface area (Å²) in [4.78, 5) is 12.2. The second-order valence-corrected chi connectivity index (χ2v) is 11.3. The monoisotopic (exact) mass is 445 g/mol. The van der Waals surface area contributed by atoms with Gasteiger partial charge in [0.1, 0.15) is 19.9 Å². The van der Waals surface area contributed by atoms with Gasteiger partial charge < -0.3 is 24.6 Å². The van der Waals surface area contributed by atoms with E-state index in [0.717, 1.165) is 38.5 Å². The molecule has 2 N–H and O–H groups in total. The topological polar surface area (TPSA) is 77.0 Å². The Morgan fingerprint density at radius 2 is 2.14 bits per heavy atom. The molecule has 1 heterocycles. The molecule has 2 rings (SSSR count). The SMILES string of the molecule is B[C@H]1C[C@@H](OCSSC(C)(C)CNC(=O)OC2CC/C=C/CCC2)C(CCO)O1. The van der Waals surface area contributed by atoms with E-state index in [2.05, 4.69) is 31.3 Å². The number of amides is 1. The van der Waals surface area contributed by atoms with Crippen LogP contribution in [0.25, 0.3) is 0 Å². The molecule has 0 bridgehead atoms. The predicted octanol–water partition coefficient (Wildman–Crippen LogP) is 3.23. The first-order chi connectivity index (χ1) is 13.9. The van der Waals surface area contributed by atoms with Crippen LogP contribution < -0.4 is 5.32 Å². The zero-order valence-corrected chi connectivity index (χ0v) is 19.6. The van der Waals surface area contributed by atoms with Crippen molar-refractivity contribution in [2.75, 3.05) is 19.1 Å². The lowest BCUT2D eigenvalue weighted by Gasteiger charge is -2.25. The maximum Gasteiger partial charge on any atom is 0.407 e. The Hall–Kier alpha value is -0.345. The van der Waals surface area contributed by atoms with E-state index in [4.69, 9.17) is 19.3 Å². The van der Waals surface area contributed by atoms with Crippen LogP contribution in [0.4, 0.5) is 4.79 Å². The second kappa shape index (κ2) is 13.1. The maximum absolute atomic E-state index is 12.2. The molecule has 1 saturated heterocycles. The number of allylic oxidation sites excluding steroid dienone is 2. The van der Waals surface area contributed by atoms with Crippen LogP contribution >= 0.6 is 21.6 Å². The molecule has 1 amide bonds. The summed E-state index contributed by atoms with van der Waals surface area (Å²) < 4.78 is 17.2. The van der Waals surface area contributed by atoms with E-state index in [1.165, 1.54) is 0 Å². The van der Waals surface area contributed by atoms with Gasteiger partial charge in [-0.15, -0.1) is 0 Å². The molecular formula is C20H36BNO5S2. The molecule has 0 saturated carbocycles. The standard InChI is InChI=1S/C20H36BNO5S2/c1-20(2,13-22-19(24)26-15-8-6-4-3-5-7-9-15)29-28-14-25-17-12-18(21)27-16(17)10-11-23/h3-4,15-18,23H,5-14,21H2,1-2H3,(H,22,24)/b4-3+/t15?,16?,17-,18-/m1/s1. The van der Waals surface area contributed by atoms with E-state index in [1.807, 2.05) is 7.85 Å². The van der Waals surface area contributed by atoms with Crippen LogP contribution in [0, 0.1) is 0 Å². The van der Waals surface area contributed by atoms with Crippen molar-refractivity contribution < 1.29 is 24.1 Å². The van der Waals surface area contributed by atoms with Crippen LogP contribution in [-0.4, -0.2) is 67.2 Å². The van der Waals surface area contributed by atoms with Gasteiger partial charge in [0.25, 0.3) is 0 Å². The van der Waals surface area contributed by atoms with Crippen molar-refractivity contribution >= 4 is 35.5 Å². The molecule has 0 aromatic rings. The molecule has 0 radical (unpaired) electrons.